The Bertz CT molecular complexity index is 476. The molecule has 2 aromatic rings. The van der Waals surface area contributed by atoms with Gasteiger partial charge in [-0.2, -0.15) is 0 Å². The van der Waals surface area contributed by atoms with Crippen LogP contribution in [0.1, 0.15) is 17.0 Å². The molecule has 2 rings (SSSR count). The van der Waals surface area contributed by atoms with Crippen molar-refractivity contribution in [1.82, 2.24) is 15.0 Å². The molecule has 0 fully saturated rings. The van der Waals surface area contributed by atoms with Crippen LogP contribution in [0.3, 0.4) is 0 Å². The predicted molar refractivity (Wildman–Crippen MR) is 57.9 cm³/mol. The molecule has 0 aliphatic rings. The second-order valence-corrected chi connectivity index (χ2v) is 3.60. The molecule has 1 heterocycles. The molecule has 1 aromatic carbocycles. The van der Waals surface area contributed by atoms with Crippen molar-refractivity contribution in [1.29, 1.82) is 0 Å². The van der Waals surface area contributed by atoms with Crippen molar-refractivity contribution in [2.24, 2.45) is 0 Å². The Morgan fingerprint density at radius 1 is 1.25 bits per heavy atom. The maximum atomic E-state index is 9.15. The minimum absolute atomic E-state index is 0.0958. The molecule has 5 nitrogen and oxygen atoms in total. The van der Waals surface area contributed by atoms with E-state index in [0.29, 0.717) is 12.2 Å². The van der Waals surface area contributed by atoms with E-state index in [1.807, 2.05) is 19.1 Å². The Labute approximate surface area is 93.0 Å². The lowest BCUT2D eigenvalue weighted by molar-refractivity contribution is 0.276. The van der Waals surface area contributed by atoms with Crippen LogP contribution in [0.4, 0.5) is 0 Å². The van der Waals surface area contributed by atoms with Crippen LogP contribution in [0.25, 0.3) is 0 Å². The summed E-state index contributed by atoms with van der Waals surface area (Å²) < 4.78 is 1.72. The first kappa shape index (κ1) is 10.6. The molecule has 0 amide bonds. The summed E-state index contributed by atoms with van der Waals surface area (Å²) in [5.41, 5.74) is 2.48. The van der Waals surface area contributed by atoms with Crippen molar-refractivity contribution in [2.45, 2.75) is 20.1 Å². The summed E-state index contributed by atoms with van der Waals surface area (Å²) in [5, 5.41) is 25.9. The number of benzene rings is 1. The molecule has 0 saturated carbocycles. The number of phenolic OH excluding ortho intramolecular Hbond substituents is 1. The normalized spacial score (nSPS) is 10.6. The largest absolute Gasteiger partial charge is 0.508 e. The van der Waals surface area contributed by atoms with E-state index in [2.05, 4.69) is 10.3 Å². The van der Waals surface area contributed by atoms with Crippen LogP contribution < -0.4 is 0 Å². The molecular formula is C11H13N3O2. The Hall–Kier alpha value is -1.88. The monoisotopic (exact) mass is 219 g/mol. The first-order valence-corrected chi connectivity index (χ1v) is 4.98. The number of nitrogens with zero attached hydrogens (tertiary/aromatic N) is 3. The van der Waals surface area contributed by atoms with E-state index < -0.39 is 0 Å². The summed E-state index contributed by atoms with van der Waals surface area (Å²) in [7, 11) is 0. The summed E-state index contributed by atoms with van der Waals surface area (Å²) in [6.45, 7) is 2.35. The third kappa shape index (κ3) is 2.04. The van der Waals surface area contributed by atoms with Crippen molar-refractivity contribution in [3.05, 3.63) is 41.2 Å². The van der Waals surface area contributed by atoms with Crippen LogP contribution in [0.15, 0.2) is 24.3 Å². The van der Waals surface area contributed by atoms with Crippen molar-refractivity contribution in [2.75, 3.05) is 0 Å². The fraction of sp³-hybridized carbons (Fsp3) is 0.273. The number of aromatic hydroxyl groups is 1. The van der Waals surface area contributed by atoms with Gasteiger partial charge in [-0.15, -0.1) is 5.10 Å². The van der Waals surface area contributed by atoms with E-state index in [4.69, 9.17) is 10.2 Å². The maximum Gasteiger partial charge on any atom is 0.115 e. The molecule has 0 aliphatic carbocycles. The van der Waals surface area contributed by atoms with Crippen LogP contribution in [0, 0.1) is 6.92 Å². The van der Waals surface area contributed by atoms with E-state index in [-0.39, 0.29) is 12.4 Å². The first-order valence-electron chi connectivity index (χ1n) is 4.98. The van der Waals surface area contributed by atoms with Crippen molar-refractivity contribution in [3.63, 3.8) is 0 Å². The molecule has 2 N–H and O–H groups in total. The van der Waals surface area contributed by atoms with Gasteiger partial charge in [0.15, 0.2) is 0 Å². The summed E-state index contributed by atoms with van der Waals surface area (Å²) >= 11 is 0. The Kier molecular flexibility index (Phi) is 2.87. The fourth-order valence-corrected chi connectivity index (χ4v) is 1.47. The molecule has 16 heavy (non-hydrogen) atoms. The highest BCUT2D eigenvalue weighted by Gasteiger charge is 2.07. The molecule has 0 spiro atoms. The SMILES string of the molecule is Cc1c(CO)nnn1Cc1ccc(O)cc1. The van der Waals surface area contributed by atoms with E-state index in [9.17, 15) is 0 Å². The van der Waals surface area contributed by atoms with Crippen LogP contribution in [-0.4, -0.2) is 25.2 Å². The second-order valence-electron chi connectivity index (χ2n) is 3.60. The summed E-state index contributed by atoms with van der Waals surface area (Å²) in [5.74, 6) is 0.245. The van der Waals surface area contributed by atoms with Gasteiger partial charge in [0, 0.05) is 0 Å². The number of hydrogen-bond acceptors (Lipinski definition) is 4. The minimum Gasteiger partial charge on any atom is -0.508 e. The Morgan fingerprint density at radius 2 is 1.94 bits per heavy atom. The number of phenols is 1. The quantitative estimate of drug-likeness (QED) is 0.802. The molecule has 84 valence electrons. The van der Waals surface area contributed by atoms with Crippen LogP contribution in [0.2, 0.25) is 0 Å². The van der Waals surface area contributed by atoms with Gasteiger partial charge in [0.2, 0.25) is 0 Å². The topological polar surface area (TPSA) is 71.2 Å². The van der Waals surface area contributed by atoms with E-state index in [1.165, 1.54) is 0 Å². The zero-order chi connectivity index (χ0) is 11.5. The standard InChI is InChI=1S/C11H13N3O2/c1-8-11(7-15)12-13-14(8)6-9-2-4-10(16)5-3-9/h2-5,15-16H,6-7H2,1H3. The minimum atomic E-state index is -0.0958. The average molecular weight is 219 g/mol. The third-order valence-corrected chi connectivity index (χ3v) is 2.50. The third-order valence-electron chi connectivity index (χ3n) is 2.50. The van der Waals surface area contributed by atoms with Crippen molar-refractivity contribution < 1.29 is 10.2 Å². The summed E-state index contributed by atoms with van der Waals surface area (Å²) in [4.78, 5) is 0. The molecule has 0 saturated heterocycles. The second kappa shape index (κ2) is 4.32. The Balaban J connectivity index is 2.20. The van der Waals surface area contributed by atoms with Crippen molar-refractivity contribution in [3.8, 4) is 5.75 Å². The summed E-state index contributed by atoms with van der Waals surface area (Å²) in [6, 6.07) is 6.92. The molecular weight excluding hydrogens is 206 g/mol. The maximum absolute atomic E-state index is 9.15. The smallest absolute Gasteiger partial charge is 0.115 e. The molecule has 0 bridgehead atoms. The van der Waals surface area contributed by atoms with Gasteiger partial charge in [0.05, 0.1) is 18.8 Å². The number of aliphatic hydroxyl groups is 1. The van der Waals surface area contributed by atoms with E-state index >= 15 is 0 Å². The van der Waals surface area contributed by atoms with Gasteiger partial charge in [-0.05, 0) is 24.6 Å². The lowest BCUT2D eigenvalue weighted by Gasteiger charge is -2.03. The molecule has 5 heteroatoms. The van der Waals surface area contributed by atoms with Crippen LogP contribution in [-0.2, 0) is 13.2 Å². The van der Waals surface area contributed by atoms with Gasteiger partial charge in [-0.3, -0.25) is 0 Å². The van der Waals surface area contributed by atoms with E-state index in [0.717, 1.165) is 11.3 Å². The molecule has 1 aromatic heterocycles. The highest BCUT2D eigenvalue weighted by molar-refractivity contribution is 5.26. The van der Waals surface area contributed by atoms with Gasteiger partial charge >= 0.3 is 0 Å². The van der Waals surface area contributed by atoms with Gasteiger partial charge in [-0.1, -0.05) is 17.3 Å². The highest BCUT2D eigenvalue weighted by Crippen LogP contribution is 2.12. The predicted octanol–water partition coefficient (Wildman–Crippen LogP) is 0.833. The van der Waals surface area contributed by atoms with Gasteiger partial charge < -0.3 is 10.2 Å². The Morgan fingerprint density at radius 3 is 2.50 bits per heavy atom. The van der Waals surface area contributed by atoms with Gasteiger partial charge in [0.25, 0.3) is 0 Å². The zero-order valence-electron chi connectivity index (χ0n) is 8.96. The zero-order valence-corrected chi connectivity index (χ0v) is 8.96. The van der Waals surface area contributed by atoms with Gasteiger partial charge in [-0.25, -0.2) is 4.68 Å². The molecule has 0 aliphatic heterocycles. The highest BCUT2D eigenvalue weighted by atomic mass is 16.3. The lowest BCUT2D eigenvalue weighted by Crippen LogP contribution is -2.04. The van der Waals surface area contributed by atoms with Gasteiger partial charge in [0.1, 0.15) is 11.4 Å². The number of aliphatic hydroxyl groups excluding tert-OH is 1. The van der Waals surface area contributed by atoms with Crippen molar-refractivity contribution >= 4 is 0 Å². The molecule has 0 radical (unpaired) electrons. The average Bonchev–Trinajstić information content (AvgIpc) is 2.63. The fourth-order valence-electron chi connectivity index (χ4n) is 1.47. The van der Waals surface area contributed by atoms with Crippen LogP contribution in [0.5, 0.6) is 5.75 Å². The molecule has 0 unspecified atom stereocenters. The number of aromatic nitrogens is 3. The molecule has 0 atom stereocenters. The van der Waals surface area contributed by atoms with Crippen LogP contribution >= 0.6 is 0 Å². The van der Waals surface area contributed by atoms with E-state index in [1.54, 1.807) is 16.8 Å². The number of rotatable bonds is 3. The first-order chi connectivity index (χ1) is 7.70. The number of hydrogen-bond donors (Lipinski definition) is 2. The lowest BCUT2D eigenvalue weighted by atomic mass is 10.2. The summed E-state index contributed by atoms with van der Waals surface area (Å²) in [6.07, 6.45) is 0.